The lowest BCUT2D eigenvalue weighted by molar-refractivity contribution is -0.162. The number of carbonyl (C=O) groups excluding carboxylic acids is 1. The molecule has 1 aliphatic heterocycles. The van der Waals surface area contributed by atoms with E-state index in [4.69, 9.17) is 5.11 Å². The Morgan fingerprint density at radius 1 is 1.25 bits per heavy atom. The Kier molecular flexibility index (Phi) is 3.21. The average molecular weight is 289 g/mol. The van der Waals surface area contributed by atoms with Gasteiger partial charge in [0.2, 0.25) is 5.60 Å². The molecule has 0 spiro atoms. The first-order chi connectivity index (χ1) is 9.16. The number of hydrogen-bond acceptors (Lipinski definition) is 3. The maximum Gasteiger partial charge on any atom is 0.416 e. The summed E-state index contributed by atoms with van der Waals surface area (Å²) in [6.45, 7) is -0.0764. The lowest BCUT2D eigenvalue weighted by atomic mass is 10.0. The molecule has 1 unspecified atom stereocenters. The third-order valence-electron chi connectivity index (χ3n) is 3.16. The summed E-state index contributed by atoms with van der Waals surface area (Å²) in [5.74, 6) is -2.72. The van der Waals surface area contributed by atoms with E-state index in [1.807, 2.05) is 0 Å². The molecule has 1 aromatic carbocycles. The first-order valence-electron chi connectivity index (χ1n) is 5.61. The Balaban J connectivity index is 2.26. The number of aliphatic carboxylic acids is 1. The third-order valence-corrected chi connectivity index (χ3v) is 3.16. The van der Waals surface area contributed by atoms with Crippen molar-refractivity contribution in [3.63, 3.8) is 0 Å². The van der Waals surface area contributed by atoms with Gasteiger partial charge in [-0.1, -0.05) is 0 Å². The topological polar surface area (TPSA) is 77.8 Å². The number of carbonyl (C=O) groups is 2. The lowest BCUT2D eigenvalue weighted by Crippen LogP contribution is -2.46. The number of aliphatic hydroxyl groups is 1. The van der Waals surface area contributed by atoms with E-state index in [1.165, 1.54) is 0 Å². The van der Waals surface area contributed by atoms with Crippen LogP contribution in [0.3, 0.4) is 0 Å². The van der Waals surface area contributed by atoms with Crippen LogP contribution in [0.5, 0.6) is 0 Å². The van der Waals surface area contributed by atoms with E-state index in [0.29, 0.717) is 0 Å². The molecule has 1 aliphatic rings. The van der Waals surface area contributed by atoms with Crippen molar-refractivity contribution in [1.82, 2.24) is 0 Å². The second-order valence-corrected chi connectivity index (χ2v) is 4.42. The first kappa shape index (κ1) is 14.3. The third kappa shape index (κ3) is 2.22. The minimum atomic E-state index is -4.49. The molecule has 108 valence electrons. The van der Waals surface area contributed by atoms with Gasteiger partial charge in [0, 0.05) is 18.7 Å². The quantitative estimate of drug-likeness (QED) is 0.803. The SMILES string of the molecule is O=C(O)C1(O)CCN(c2ccc(C(F)(F)F)cc2)C1=O. The number of carboxylic acid groups (broad SMARTS) is 1. The molecule has 1 saturated heterocycles. The van der Waals surface area contributed by atoms with E-state index in [2.05, 4.69) is 0 Å². The molecule has 1 heterocycles. The summed E-state index contributed by atoms with van der Waals surface area (Å²) in [6, 6.07) is 3.71. The largest absolute Gasteiger partial charge is 0.479 e. The van der Waals surface area contributed by atoms with E-state index < -0.39 is 29.2 Å². The maximum atomic E-state index is 12.4. The van der Waals surface area contributed by atoms with Crippen molar-refractivity contribution in [3.05, 3.63) is 29.8 Å². The van der Waals surface area contributed by atoms with E-state index in [-0.39, 0.29) is 18.7 Å². The lowest BCUT2D eigenvalue weighted by Gasteiger charge is -2.19. The molecule has 0 radical (unpaired) electrons. The molecule has 0 aliphatic carbocycles. The van der Waals surface area contributed by atoms with E-state index in [0.717, 1.165) is 29.2 Å². The number of carboxylic acids is 1. The van der Waals surface area contributed by atoms with Gasteiger partial charge in [0.25, 0.3) is 5.91 Å². The highest BCUT2D eigenvalue weighted by atomic mass is 19.4. The van der Waals surface area contributed by atoms with Crippen LogP contribution in [-0.2, 0) is 15.8 Å². The van der Waals surface area contributed by atoms with Crippen LogP contribution in [0.15, 0.2) is 24.3 Å². The maximum absolute atomic E-state index is 12.4. The number of nitrogens with zero attached hydrogens (tertiary/aromatic N) is 1. The number of alkyl halides is 3. The van der Waals surface area contributed by atoms with Crippen molar-refractivity contribution in [3.8, 4) is 0 Å². The minimum absolute atomic E-state index is 0.0764. The minimum Gasteiger partial charge on any atom is -0.479 e. The highest BCUT2D eigenvalue weighted by molar-refractivity contribution is 6.14. The zero-order chi connectivity index (χ0) is 15.1. The van der Waals surface area contributed by atoms with Gasteiger partial charge in [0.05, 0.1) is 5.56 Å². The van der Waals surface area contributed by atoms with Crippen molar-refractivity contribution in [2.45, 2.75) is 18.2 Å². The smallest absolute Gasteiger partial charge is 0.416 e. The number of amides is 1. The van der Waals surface area contributed by atoms with Gasteiger partial charge in [-0.2, -0.15) is 13.2 Å². The Morgan fingerprint density at radius 2 is 1.80 bits per heavy atom. The number of rotatable bonds is 2. The number of halogens is 3. The second kappa shape index (κ2) is 4.48. The molecule has 2 rings (SSSR count). The van der Waals surface area contributed by atoms with E-state index in [9.17, 15) is 27.9 Å². The molecular formula is C12H10F3NO4. The van der Waals surface area contributed by atoms with E-state index in [1.54, 1.807) is 0 Å². The fourth-order valence-electron chi connectivity index (χ4n) is 1.98. The van der Waals surface area contributed by atoms with Crippen LogP contribution in [0, 0.1) is 0 Å². The summed E-state index contributed by atoms with van der Waals surface area (Å²) in [5, 5.41) is 18.5. The second-order valence-electron chi connectivity index (χ2n) is 4.42. The molecular weight excluding hydrogens is 279 g/mol. The fourth-order valence-corrected chi connectivity index (χ4v) is 1.98. The Hall–Kier alpha value is -2.09. The molecule has 20 heavy (non-hydrogen) atoms. The van der Waals surface area contributed by atoms with Gasteiger partial charge in [-0.3, -0.25) is 4.79 Å². The molecule has 5 nitrogen and oxygen atoms in total. The predicted molar refractivity (Wildman–Crippen MR) is 61.0 cm³/mol. The Labute approximate surface area is 111 Å². The molecule has 0 bridgehead atoms. The molecule has 8 heteroatoms. The van der Waals surface area contributed by atoms with Crippen LogP contribution in [-0.4, -0.2) is 34.2 Å². The van der Waals surface area contributed by atoms with Gasteiger partial charge in [-0.25, -0.2) is 4.79 Å². The predicted octanol–water partition coefficient (Wildman–Crippen LogP) is 1.26. The van der Waals surface area contributed by atoms with Crippen LogP contribution in [0.1, 0.15) is 12.0 Å². The normalized spacial score (nSPS) is 23.2. The molecule has 1 fully saturated rings. The zero-order valence-corrected chi connectivity index (χ0v) is 10.0. The summed E-state index contributed by atoms with van der Waals surface area (Å²) in [7, 11) is 0. The fraction of sp³-hybridized carbons (Fsp3) is 0.333. The monoisotopic (exact) mass is 289 g/mol. The highest BCUT2D eigenvalue weighted by Gasteiger charge is 2.52. The van der Waals surface area contributed by atoms with Crippen molar-refractivity contribution < 1.29 is 33.0 Å². The summed E-state index contributed by atoms with van der Waals surface area (Å²) >= 11 is 0. The van der Waals surface area contributed by atoms with Crippen molar-refractivity contribution >= 4 is 17.6 Å². The van der Waals surface area contributed by atoms with Gasteiger partial charge >= 0.3 is 12.1 Å². The van der Waals surface area contributed by atoms with Crippen LogP contribution >= 0.6 is 0 Å². The van der Waals surface area contributed by atoms with Gasteiger partial charge in [-0.05, 0) is 24.3 Å². The number of anilines is 1. The van der Waals surface area contributed by atoms with Gasteiger partial charge in [0.15, 0.2) is 0 Å². The summed E-state index contributed by atoms with van der Waals surface area (Å²) in [6.07, 6.45) is -4.81. The Morgan fingerprint density at radius 3 is 2.20 bits per heavy atom. The molecule has 2 N–H and O–H groups in total. The summed E-state index contributed by atoms with van der Waals surface area (Å²) < 4.78 is 37.2. The Bertz CT molecular complexity index is 555. The standard InChI is InChI=1S/C12H10F3NO4/c13-12(14,15)7-1-3-8(4-2-7)16-6-5-11(20,9(16)17)10(18)19/h1-4,20H,5-6H2,(H,18,19). The van der Waals surface area contributed by atoms with Crippen LogP contribution in [0.25, 0.3) is 0 Å². The van der Waals surface area contributed by atoms with Gasteiger partial charge in [-0.15, -0.1) is 0 Å². The molecule has 0 saturated carbocycles. The molecule has 1 atom stereocenters. The zero-order valence-electron chi connectivity index (χ0n) is 10.0. The molecule has 1 aromatic rings. The van der Waals surface area contributed by atoms with Crippen LogP contribution in [0.2, 0.25) is 0 Å². The van der Waals surface area contributed by atoms with Crippen molar-refractivity contribution in [2.24, 2.45) is 0 Å². The van der Waals surface area contributed by atoms with Crippen LogP contribution in [0.4, 0.5) is 18.9 Å². The highest BCUT2D eigenvalue weighted by Crippen LogP contribution is 2.33. The first-order valence-corrected chi connectivity index (χ1v) is 5.61. The average Bonchev–Trinajstić information content (AvgIpc) is 2.67. The summed E-state index contributed by atoms with van der Waals surface area (Å²) in [4.78, 5) is 23.6. The van der Waals surface area contributed by atoms with Crippen molar-refractivity contribution in [1.29, 1.82) is 0 Å². The van der Waals surface area contributed by atoms with Crippen LogP contribution < -0.4 is 4.90 Å². The number of hydrogen-bond donors (Lipinski definition) is 2. The summed E-state index contributed by atoms with van der Waals surface area (Å²) in [5.41, 5.74) is -3.27. The molecule has 0 aromatic heterocycles. The van der Waals surface area contributed by atoms with Crippen molar-refractivity contribution in [2.75, 3.05) is 11.4 Å². The van der Waals surface area contributed by atoms with Gasteiger partial charge in [0.1, 0.15) is 0 Å². The van der Waals surface area contributed by atoms with Gasteiger partial charge < -0.3 is 15.1 Å². The number of benzene rings is 1. The molecule has 1 amide bonds. The van der Waals surface area contributed by atoms with E-state index >= 15 is 0 Å².